The minimum Gasteiger partial charge on any atom is -0.396 e. The molecule has 114 valence electrons. The molecule has 20 heavy (non-hydrogen) atoms. The Bertz CT molecular complexity index is 398. The highest BCUT2D eigenvalue weighted by Gasteiger charge is 2.21. The van der Waals surface area contributed by atoms with Crippen molar-refractivity contribution < 1.29 is 5.11 Å². The van der Waals surface area contributed by atoms with Gasteiger partial charge in [-0.3, -0.25) is 4.68 Å². The zero-order valence-corrected chi connectivity index (χ0v) is 12.9. The molecule has 4 nitrogen and oxygen atoms in total. The van der Waals surface area contributed by atoms with E-state index in [1.807, 2.05) is 0 Å². The van der Waals surface area contributed by atoms with Gasteiger partial charge in [0, 0.05) is 24.9 Å². The molecular formula is C16H29N3O. The minimum atomic E-state index is 0.00334. The standard InChI is InChI=1S/C16H29N3O/c1-3-16(2,10-12-20)17-13-14-9-11-19(18-14)15-7-5-4-6-8-15/h9,11,15,17,20H,3-8,10,12-13H2,1-2H3. The van der Waals surface area contributed by atoms with Gasteiger partial charge in [-0.2, -0.15) is 5.10 Å². The van der Waals surface area contributed by atoms with E-state index in [1.54, 1.807) is 0 Å². The number of hydrogen-bond acceptors (Lipinski definition) is 3. The van der Waals surface area contributed by atoms with E-state index in [0.717, 1.165) is 25.1 Å². The fraction of sp³-hybridized carbons (Fsp3) is 0.812. The van der Waals surface area contributed by atoms with Crippen molar-refractivity contribution >= 4 is 0 Å². The Hall–Kier alpha value is -0.870. The summed E-state index contributed by atoms with van der Waals surface area (Å²) in [5.74, 6) is 0. The Labute approximate surface area is 122 Å². The minimum absolute atomic E-state index is 0.00334. The molecule has 0 saturated heterocycles. The summed E-state index contributed by atoms with van der Waals surface area (Å²) < 4.78 is 2.16. The Balaban J connectivity index is 1.89. The number of aliphatic hydroxyl groups is 1. The molecule has 1 aliphatic carbocycles. The van der Waals surface area contributed by atoms with Gasteiger partial charge in [-0.25, -0.2) is 0 Å². The molecule has 0 bridgehead atoms. The Morgan fingerprint density at radius 1 is 1.40 bits per heavy atom. The van der Waals surface area contributed by atoms with Gasteiger partial charge in [-0.1, -0.05) is 26.2 Å². The second kappa shape index (κ2) is 7.23. The maximum Gasteiger partial charge on any atom is 0.0762 e. The Morgan fingerprint density at radius 3 is 2.80 bits per heavy atom. The van der Waals surface area contributed by atoms with Crippen LogP contribution in [0.25, 0.3) is 0 Å². The summed E-state index contributed by atoms with van der Waals surface area (Å²) in [6.45, 7) is 5.34. The van der Waals surface area contributed by atoms with Crippen LogP contribution in [0.4, 0.5) is 0 Å². The van der Waals surface area contributed by atoms with E-state index in [9.17, 15) is 0 Å². The highest BCUT2D eigenvalue weighted by molar-refractivity contribution is 5.01. The molecule has 1 aromatic rings. The molecule has 2 rings (SSSR count). The predicted molar refractivity (Wildman–Crippen MR) is 81.6 cm³/mol. The molecule has 0 radical (unpaired) electrons. The first kappa shape index (κ1) is 15.5. The van der Waals surface area contributed by atoms with Crippen molar-refractivity contribution in [1.29, 1.82) is 0 Å². The van der Waals surface area contributed by atoms with Crippen LogP contribution in [0.2, 0.25) is 0 Å². The molecule has 0 spiro atoms. The van der Waals surface area contributed by atoms with Crippen LogP contribution >= 0.6 is 0 Å². The molecule has 1 aliphatic rings. The first-order valence-corrected chi connectivity index (χ1v) is 8.07. The third-order valence-corrected chi connectivity index (χ3v) is 4.75. The fourth-order valence-corrected chi connectivity index (χ4v) is 2.96. The van der Waals surface area contributed by atoms with Crippen LogP contribution < -0.4 is 5.32 Å². The zero-order chi connectivity index (χ0) is 14.4. The Morgan fingerprint density at radius 2 is 2.15 bits per heavy atom. The molecule has 0 aromatic carbocycles. The summed E-state index contributed by atoms with van der Waals surface area (Å²) in [6, 6.07) is 2.73. The lowest BCUT2D eigenvalue weighted by Gasteiger charge is -2.28. The van der Waals surface area contributed by atoms with Gasteiger partial charge in [0.1, 0.15) is 0 Å². The van der Waals surface area contributed by atoms with Crippen molar-refractivity contribution in [2.75, 3.05) is 6.61 Å². The molecule has 1 aromatic heterocycles. The second-order valence-electron chi connectivity index (χ2n) is 6.32. The fourth-order valence-electron chi connectivity index (χ4n) is 2.96. The summed E-state index contributed by atoms with van der Waals surface area (Å²) in [5, 5.41) is 17.4. The summed E-state index contributed by atoms with van der Waals surface area (Å²) >= 11 is 0. The van der Waals surface area contributed by atoms with E-state index in [4.69, 9.17) is 10.2 Å². The number of hydrogen-bond donors (Lipinski definition) is 2. The smallest absolute Gasteiger partial charge is 0.0762 e. The predicted octanol–water partition coefficient (Wildman–Crippen LogP) is 3.03. The van der Waals surface area contributed by atoms with Gasteiger partial charge >= 0.3 is 0 Å². The number of nitrogens with one attached hydrogen (secondary N) is 1. The molecule has 1 heterocycles. The summed E-state index contributed by atoms with van der Waals surface area (Å²) in [4.78, 5) is 0. The Kier molecular flexibility index (Phi) is 5.61. The van der Waals surface area contributed by atoms with Gasteiger partial charge in [0.25, 0.3) is 0 Å². The van der Waals surface area contributed by atoms with Crippen molar-refractivity contribution in [3.63, 3.8) is 0 Å². The van der Waals surface area contributed by atoms with Gasteiger partial charge in [-0.15, -0.1) is 0 Å². The van der Waals surface area contributed by atoms with Crippen LogP contribution in [-0.4, -0.2) is 27.0 Å². The van der Waals surface area contributed by atoms with E-state index >= 15 is 0 Å². The highest BCUT2D eigenvalue weighted by Crippen LogP contribution is 2.27. The SMILES string of the molecule is CCC(C)(CCO)NCc1ccn(C2CCCCC2)n1. The van der Waals surface area contributed by atoms with Gasteiger partial charge in [0.2, 0.25) is 0 Å². The topological polar surface area (TPSA) is 50.1 Å². The first-order valence-electron chi connectivity index (χ1n) is 8.07. The average molecular weight is 279 g/mol. The quantitative estimate of drug-likeness (QED) is 0.806. The summed E-state index contributed by atoms with van der Waals surface area (Å²) in [6.07, 6.45) is 10.5. The normalized spacial score (nSPS) is 19.9. The lowest BCUT2D eigenvalue weighted by Crippen LogP contribution is -2.42. The maximum atomic E-state index is 9.14. The summed E-state index contributed by atoms with van der Waals surface area (Å²) in [7, 11) is 0. The zero-order valence-electron chi connectivity index (χ0n) is 12.9. The van der Waals surface area contributed by atoms with Gasteiger partial charge in [0.05, 0.1) is 11.7 Å². The third-order valence-electron chi connectivity index (χ3n) is 4.75. The van der Waals surface area contributed by atoms with Crippen molar-refractivity contribution in [2.45, 2.75) is 76.9 Å². The molecular weight excluding hydrogens is 250 g/mol. The average Bonchev–Trinajstić information content (AvgIpc) is 2.95. The van der Waals surface area contributed by atoms with Crippen molar-refractivity contribution in [2.24, 2.45) is 0 Å². The van der Waals surface area contributed by atoms with Crippen LogP contribution in [-0.2, 0) is 6.54 Å². The van der Waals surface area contributed by atoms with Crippen LogP contribution in [0, 0.1) is 0 Å². The second-order valence-corrected chi connectivity index (χ2v) is 6.32. The molecule has 0 amide bonds. The highest BCUT2D eigenvalue weighted by atomic mass is 16.3. The van der Waals surface area contributed by atoms with Crippen LogP contribution in [0.5, 0.6) is 0 Å². The van der Waals surface area contributed by atoms with Crippen LogP contribution in [0.15, 0.2) is 12.3 Å². The lowest BCUT2D eigenvalue weighted by molar-refractivity contribution is 0.214. The molecule has 1 saturated carbocycles. The largest absolute Gasteiger partial charge is 0.396 e. The molecule has 0 aliphatic heterocycles. The van der Waals surface area contributed by atoms with Crippen molar-refractivity contribution in [1.82, 2.24) is 15.1 Å². The monoisotopic (exact) mass is 279 g/mol. The number of rotatable bonds is 7. The van der Waals surface area contributed by atoms with Crippen LogP contribution in [0.1, 0.15) is 70.5 Å². The van der Waals surface area contributed by atoms with E-state index in [1.165, 1.54) is 32.1 Å². The number of nitrogens with zero attached hydrogens (tertiary/aromatic N) is 2. The lowest BCUT2D eigenvalue weighted by atomic mass is 9.95. The molecule has 2 N–H and O–H groups in total. The van der Waals surface area contributed by atoms with Gasteiger partial charge in [-0.05, 0) is 38.7 Å². The summed E-state index contributed by atoms with van der Waals surface area (Å²) in [5.41, 5.74) is 1.11. The number of aromatic nitrogens is 2. The van der Waals surface area contributed by atoms with E-state index in [2.05, 4.69) is 36.1 Å². The molecule has 1 unspecified atom stereocenters. The molecule has 4 heteroatoms. The van der Waals surface area contributed by atoms with E-state index in [-0.39, 0.29) is 12.1 Å². The maximum absolute atomic E-state index is 9.14. The van der Waals surface area contributed by atoms with Crippen molar-refractivity contribution in [3.8, 4) is 0 Å². The van der Waals surface area contributed by atoms with E-state index in [0.29, 0.717) is 6.04 Å². The molecule has 1 atom stereocenters. The molecule has 1 fully saturated rings. The number of aliphatic hydroxyl groups excluding tert-OH is 1. The van der Waals surface area contributed by atoms with E-state index < -0.39 is 0 Å². The van der Waals surface area contributed by atoms with Crippen LogP contribution in [0.3, 0.4) is 0 Å². The van der Waals surface area contributed by atoms with Crippen molar-refractivity contribution in [3.05, 3.63) is 18.0 Å². The third kappa shape index (κ3) is 4.06. The van der Waals surface area contributed by atoms with Gasteiger partial charge < -0.3 is 10.4 Å². The first-order chi connectivity index (χ1) is 9.67. The van der Waals surface area contributed by atoms with Gasteiger partial charge in [0.15, 0.2) is 0 Å².